The Bertz CT molecular complexity index is 393. The van der Waals surface area contributed by atoms with E-state index in [0.29, 0.717) is 17.2 Å². The highest BCUT2D eigenvalue weighted by Crippen LogP contribution is 2.22. The van der Waals surface area contributed by atoms with Crippen LogP contribution in [0.15, 0.2) is 23.1 Å². The molecular weight excluding hydrogens is 256 g/mol. The molecule has 18 heavy (non-hydrogen) atoms. The van der Waals surface area contributed by atoms with Gasteiger partial charge in [-0.15, -0.1) is 11.8 Å². The molecule has 0 aromatic heterocycles. The van der Waals surface area contributed by atoms with Gasteiger partial charge in [0.1, 0.15) is 11.6 Å². The van der Waals surface area contributed by atoms with Gasteiger partial charge in [-0.2, -0.15) is 0 Å². The minimum atomic E-state index is -0.591. The maximum absolute atomic E-state index is 13.3. The monoisotopic (exact) mass is 275 g/mol. The van der Waals surface area contributed by atoms with Gasteiger partial charge in [-0.05, 0) is 32.9 Å². The highest BCUT2D eigenvalue weighted by Gasteiger charge is 2.13. The van der Waals surface area contributed by atoms with E-state index in [1.807, 2.05) is 20.8 Å². The van der Waals surface area contributed by atoms with Gasteiger partial charge in [0.05, 0.1) is 6.10 Å². The van der Waals surface area contributed by atoms with Crippen LogP contribution in [0.4, 0.5) is 8.78 Å². The number of halogens is 2. The summed E-state index contributed by atoms with van der Waals surface area (Å²) >= 11 is 1.18. The van der Waals surface area contributed by atoms with Gasteiger partial charge in [0.25, 0.3) is 0 Å². The molecule has 1 atom stereocenters. The molecule has 0 aliphatic heterocycles. The largest absolute Gasteiger partial charge is 0.391 e. The SMILES string of the molecule is CC(C)(C)NCC(O)CSc1ccc(F)cc1F. The lowest BCUT2D eigenvalue weighted by Crippen LogP contribution is -2.41. The summed E-state index contributed by atoms with van der Waals surface area (Å²) in [5.74, 6) is -0.811. The molecular formula is C13H19F2NOS. The molecule has 1 unspecified atom stereocenters. The van der Waals surface area contributed by atoms with E-state index in [2.05, 4.69) is 5.32 Å². The molecule has 0 aliphatic carbocycles. The summed E-state index contributed by atoms with van der Waals surface area (Å²) in [4.78, 5) is 0.353. The Morgan fingerprint density at radius 1 is 1.33 bits per heavy atom. The lowest BCUT2D eigenvalue weighted by molar-refractivity contribution is 0.183. The maximum atomic E-state index is 13.3. The van der Waals surface area contributed by atoms with E-state index < -0.39 is 17.7 Å². The Labute approximate surface area is 111 Å². The predicted octanol–water partition coefficient (Wildman–Crippen LogP) is 2.81. The first kappa shape index (κ1) is 15.4. The van der Waals surface area contributed by atoms with Gasteiger partial charge >= 0.3 is 0 Å². The van der Waals surface area contributed by atoms with Crippen molar-refractivity contribution in [2.75, 3.05) is 12.3 Å². The van der Waals surface area contributed by atoms with Crippen molar-refractivity contribution in [1.82, 2.24) is 5.32 Å². The van der Waals surface area contributed by atoms with Crippen molar-refractivity contribution in [2.45, 2.75) is 37.3 Å². The van der Waals surface area contributed by atoms with Gasteiger partial charge in [-0.25, -0.2) is 8.78 Å². The molecule has 0 spiro atoms. The summed E-state index contributed by atoms with van der Waals surface area (Å²) in [6.07, 6.45) is -0.571. The first-order valence-corrected chi connectivity index (χ1v) is 6.77. The zero-order valence-electron chi connectivity index (χ0n) is 10.8. The van der Waals surface area contributed by atoms with E-state index in [9.17, 15) is 13.9 Å². The predicted molar refractivity (Wildman–Crippen MR) is 70.8 cm³/mol. The Morgan fingerprint density at radius 2 is 2.00 bits per heavy atom. The van der Waals surface area contributed by atoms with E-state index in [-0.39, 0.29) is 5.54 Å². The van der Waals surface area contributed by atoms with E-state index >= 15 is 0 Å². The van der Waals surface area contributed by atoms with Crippen molar-refractivity contribution in [3.63, 3.8) is 0 Å². The lowest BCUT2D eigenvalue weighted by Gasteiger charge is -2.22. The number of aliphatic hydroxyl groups is 1. The number of benzene rings is 1. The Balaban J connectivity index is 2.40. The van der Waals surface area contributed by atoms with E-state index in [4.69, 9.17) is 0 Å². The molecule has 0 saturated carbocycles. The normalized spacial score (nSPS) is 13.7. The van der Waals surface area contributed by atoms with Crippen LogP contribution in [0, 0.1) is 11.6 Å². The summed E-state index contributed by atoms with van der Waals surface area (Å²) in [6, 6.07) is 3.45. The first-order chi connectivity index (χ1) is 8.28. The highest BCUT2D eigenvalue weighted by atomic mass is 32.2. The maximum Gasteiger partial charge on any atom is 0.139 e. The average molecular weight is 275 g/mol. The molecule has 1 aromatic rings. The van der Waals surface area contributed by atoms with Crippen LogP contribution in [-0.4, -0.2) is 29.0 Å². The van der Waals surface area contributed by atoms with Gasteiger partial charge < -0.3 is 10.4 Å². The third kappa shape index (κ3) is 5.80. The van der Waals surface area contributed by atoms with Gasteiger partial charge in [-0.3, -0.25) is 0 Å². The van der Waals surface area contributed by atoms with E-state index in [1.54, 1.807) is 0 Å². The Kier molecular flexibility index (Phi) is 5.56. The molecule has 2 N–H and O–H groups in total. The molecule has 1 aromatic carbocycles. The molecule has 102 valence electrons. The fourth-order valence-corrected chi connectivity index (χ4v) is 2.11. The molecule has 0 amide bonds. The van der Waals surface area contributed by atoms with Gasteiger partial charge in [0, 0.05) is 28.8 Å². The number of β-amino-alcohol motifs (C(OH)–C–C–N with tert-alkyl or cyclic N) is 1. The van der Waals surface area contributed by atoms with Crippen LogP contribution in [0.1, 0.15) is 20.8 Å². The fourth-order valence-electron chi connectivity index (χ4n) is 1.26. The number of thioether (sulfide) groups is 1. The molecule has 0 bridgehead atoms. The average Bonchev–Trinajstić information content (AvgIpc) is 2.24. The summed E-state index contributed by atoms with van der Waals surface area (Å²) in [5.41, 5.74) is -0.0627. The van der Waals surface area contributed by atoms with Crippen molar-refractivity contribution in [2.24, 2.45) is 0 Å². The molecule has 1 rings (SSSR count). The van der Waals surface area contributed by atoms with Crippen LogP contribution in [-0.2, 0) is 0 Å². The summed E-state index contributed by atoms with van der Waals surface area (Å²) in [6.45, 7) is 6.46. The quantitative estimate of drug-likeness (QED) is 0.811. The van der Waals surface area contributed by atoms with Crippen LogP contribution < -0.4 is 5.32 Å². The van der Waals surface area contributed by atoms with Gasteiger partial charge in [-0.1, -0.05) is 0 Å². The summed E-state index contributed by atoms with van der Waals surface area (Å²) < 4.78 is 26.0. The van der Waals surface area contributed by atoms with Crippen molar-refractivity contribution in [3.8, 4) is 0 Å². The second kappa shape index (κ2) is 6.50. The van der Waals surface area contributed by atoms with Crippen LogP contribution in [0.3, 0.4) is 0 Å². The number of hydrogen-bond donors (Lipinski definition) is 2. The lowest BCUT2D eigenvalue weighted by atomic mass is 10.1. The number of aliphatic hydroxyl groups excluding tert-OH is 1. The minimum absolute atomic E-state index is 0.0627. The van der Waals surface area contributed by atoms with E-state index in [1.165, 1.54) is 23.9 Å². The molecule has 5 heteroatoms. The zero-order valence-corrected chi connectivity index (χ0v) is 11.7. The van der Waals surface area contributed by atoms with Crippen LogP contribution in [0.5, 0.6) is 0 Å². The first-order valence-electron chi connectivity index (χ1n) is 5.79. The van der Waals surface area contributed by atoms with Crippen molar-refractivity contribution in [3.05, 3.63) is 29.8 Å². The number of nitrogens with one attached hydrogen (secondary N) is 1. The number of hydrogen-bond acceptors (Lipinski definition) is 3. The van der Waals surface area contributed by atoms with Crippen LogP contribution >= 0.6 is 11.8 Å². The Morgan fingerprint density at radius 3 is 2.56 bits per heavy atom. The zero-order chi connectivity index (χ0) is 13.8. The molecule has 0 saturated heterocycles. The highest BCUT2D eigenvalue weighted by molar-refractivity contribution is 7.99. The standard InChI is InChI=1S/C13H19F2NOS/c1-13(2,3)16-7-10(17)8-18-12-5-4-9(14)6-11(12)15/h4-6,10,16-17H,7-8H2,1-3H3. The second-order valence-corrected chi connectivity index (χ2v) is 6.23. The van der Waals surface area contributed by atoms with Crippen molar-refractivity contribution >= 4 is 11.8 Å². The molecule has 0 fully saturated rings. The van der Waals surface area contributed by atoms with Crippen molar-refractivity contribution in [1.29, 1.82) is 0 Å². The topological polar surface area (TPSA) is 32.3 Å². The van der Waals surface area contributed by atoms with Gasteiger partial charge in [0.15, 0.2) is 0 Å². The number of rotatable bonds is 5. The van der Waals surface area contributed by atoms with Gasteiger partial charge in [0.2, 0.25) is 0 Å². The molecule has 0 heterocycles. The minimum Gasteiger partial charge on any atom is -0.391 e. The third-order valence-corrected chi connectivity index (χ3v) is 3.39. The fraction of sp³-hybridized carbons (Fsp3) is 0.538. The Hall–Kier alpha value is -0.650. The van der Waals surface area contributed by atoms with E-state index in [0.717, 1.165) is 6.07 Å². The van der Waals surface area contributed by atoms with Crippen LogP contribution in [0.2, 0.25) is 0 Å². The molecule has 0 radical (unpaired) electrons. The second-order valence-electron chi connectivity index (χ2n) is 5.17. The molecule has 2 nitrogen and oxygen atoms in total. The summed E-state index contributed by atoms with van der Waals surface area (Å²) in [7, 11) is 0. The third-order valence-electron chi connectivity index (χ3n) is 2.19. The molecule has 0 aliphatic rings. The van der Waals surface area contributed by atoms with Crippen LogP contribution in [0.25, 0.3) is 0 Å². The van der Waals surface area contributed by atoms with Crippen molar-refractivity contribution < 1.29 is 13.9 Å². The smallest absolute Gasteiger partial charge is 0.139 e. The summed E-state index contributed by atoms with van der Waals surface area (Å²) in [5, 5.41) is 12.9.